The summed E-state index contributed by atoms with van der Waals surface area (Å²) in [5, 5.41) is 0.430. The molecule has 0 saturated heterocycles. The van der Waals surface area contributed by atoms with Crippen molar-refractivity contribution in [3.8, 4) is 0 Å². The van der Waals surface area contributed by atoms with E-state index in [0.29, 0.717) is 30.3 Å². The molecule has 0 aliphatic rings. The molecule has 2 aromatic rings. The van der Waals surface area contributed by atoms with E-state index in [1.807, 2.05) is 10.8 Å². The van der Waals surface area contributed by atoms with Crippen LogP contribution in [0.4, 0.5) is 0 Å². The number of hydrogen-bond donors (Lipinski definition) is 1. The summed E-state index contributed by atoms with van der Waals surface area (Å²) in [6, 6.07) is 4.81. The highest BCUT2D eigenvalue weighted by Gasteiger charge is 2.17. The first-order valence-corrected chi connectivity index (χ1v) is 8.65. The average molecular weight is 344 g/mol. The van der Waals surface area contributed by atoms with E-state index >= 15 is 0 Å². The summed E-state index contributed by atoms with van der Waals surface area (Å²) >= 11 is 5.95. The van der Waals surface area contributed by atoms with Gasteiger partial charge in [0.05, 0.1) is 24.4 Å². The normalized spacial score (nSPS) is 11.7. The van der Waals surface area contributed by atoms with Crippen LogP contribution in [0.15, 0.2) is 41.8 Å². The molecule has 0 atom stereocenters. The first-order valence-electron chi connectivity index (χ1n) is 6.79. The lowest BCUT2D eigenvalue weighted by atomic mass is 10.2. The van der Waals surface area contributed by atoms with E-state index in [1.165, 1.54) is 6.07 Å². The van der Waals surface area contributed by atoms with Crippen molar-refractivity contribution in [3.63, 3.8) is 0 Å². The topological polar surface area (TPSA) is 73.2 Å². The van der Waals surface area contributed by atoms with Crippen LogP contribution < -0.4 is 4.72 Å². The minimum absolute atomic E-state index is 0.193. The van der Waals surface area contributed by atoms with Gasteiger partial charge in [0.25, 0.3) is 0 Å². The second kappa shape index (κ2) is 7.73. The van der Waals surface area contributed by atoms with Crippen LogP contribution in [0.2, 0.25) is 5.02 Å². The Balaban J connectivity index is 1.77. The molecule has 1 N–H and O–H groups in total. The third kappa shape index (κ3) is 4.54. The van der Waals surface area contributed by atoms with Gasteiger partial charge in [-0.25, -0.2) is 18.1 Å². The van der Waals surface area contributed by atoms with Gasteiger partial charge in [0.1, 0.15) is 0 Å². The second-order valence-electron chi connectivity index (χ2n) is 4.67. The minimum Gasteiger partial charge on any atom is -0.378 e. The Bertz CT molecular complexity index is 702. The van der Waals surface area contributed by atoms with Crippen molar-refractivity contribution in [2.24, 2.45) is 0 Å². The van der Waals surface area contributed by atoms with Crippen molar-refractivity contribution in [2.75, 3.05) is 19.8 Å². The van der Waals surface area contributed by atoms with Crippen LogP contribution >= 0.6 is 11.6 Å². The van der Waals surface area contributed by atoms with Gasteiger partial charge in [-0.1, -0.05) is 17.7 Å². The van der Waals surface area contributed by atoms with Gasteiger partial charge >= 0.3 is 0 Å². The van der Waals surface area contributed by atoms with Crippen LogP contribution in [0, 0.1) is 6.92 Å². The Labute approximate surface area is 135 Å². The Hall–Kier alpha value is -1.41. The highest BCUT2D eigenvalue weighted by Crippen LogP contribution is 2.22. The highest BCUT2D eigenvalue weighted by atomic mass is 35.5. The van der Waals surface area contributed by atoms with E-state index < -0.39 is 10.0 Å². The Kier molecular flexibility index (Phi) is 5.96. The van der Waals surface area contributed by atoms with E-state index in [9.17, 15) is 8.42 Å². The first-order chi connectivity index (χ1) is 10.5. The van der Waals surface area contributed by atoms with Gasteiger partial charge in [-0.2, -0.15) is 0 Å². The molecule has 0 bridgehead atoms. The number of sulfonamides is 1. The summed E-state index contributed by atoms with van der Waals surface area (Å²) in [6.07, 6.45) is 5.24. The molecular weight excluding hydrogens is 326 g/mol. The van der Waals surface area contributed by atoms with Crippen LogP contribution in [0.1, 0.15) is 5.56 Å². The number of hydrogen-bond acceptors (Lipinski definition) is 4. The molecule has 1 aromatic heterocycles. The summed E-state index contributed by atoms with van der Waals surface area (Å²) in [4.78, 5) is 4.12. The highest BCUT2D eigenvalue weighted by molar-refractivity contribution is 7.89. The number of aromatic nitrogens is 2. The number of imidazole rings is 1. The van der Waals surface area contributed by atoms with Crippen molar-refractivity contribution >= 4 is 21.6 Å². The van der Waals surface area contributed by atoms with Crippen LogP contribution in [0.3, 0.4) is 0 Å². The van der Waals surface area contributed by atoms with Crippen LogP contribution in [-0.2, 0) is 21.3 Å². The molecule has 0 saturated carbocycles. The maximum Gasteiger partial charge on any atom is 0.240 e. The van der Waals surface area contributed by atoms with E-state index in [-0.39, 0.29) is 11.4 Å². The zero-order valence-corrected chi connectivity index (χ0v) is 13.8. The predicted octanol–water partition coefficient (Wildman–Crippen LogP) is 1.84. The quantitative estimate of drug-likeness (QED) is 0.742. The van der Waals surface area contributed by atoms with Crippen LogP contribution in [0.25, 0.3) is 0 Å². The van der Waals surface area contributed by atoms with E-state index in [4.69, 9.17) is 16.3 Å². The molecule has 0 amide bonds. The molecule has 1 heterocycles. The number of benzene rings is 1. The monoisotopic (exact) mass is 343 g/mol. The number of nitrogens with one attached hydrogen (secondary N) is 1. The summed E-state index contributed by atoms with van der Waals surface area (Å²) in [6.45, 7) is 3.36. The number of nitrogens with zero attached hydrogens (tertiary/aromatic N) is 2. The second-order valence-corrected chi connectivity index (χ2v) is 6.82. The van der Waals surface area contributed by atoms with Gasteiger partial charge in [0, 0.05) is 30.5 Å². The van der Waals surface area contributed by atoms with Crippen LogP contribution in [-0.4, -0.2) is 37.7 Å². The smallest absolute Gasteiger partial charge is 0.240 e. The van der Waals surface area contributed by atoms with E-state index in [1.54, 1.807) is 31.6 Å². The van der Waals surface area contributed by atoms with Crippen molar-refractivity contribution in [1.29, 1.82) is 0 Å². The lowest BCUT2D eigenvalue weighted by Crippen LogP contribution is -2.28. The minimum atomic E-state index is -3.57. The third-order valence-electron chi connectivity index (χ3n) is 3.10. The maximum atomic E-state index is 12.2. The molecule has 8 heteroatoms. The Morgan fingerprint density at radius 3 is 2.91 bits per heavy atom. The van der Waals surface area contributed by atoms with Crippen LogP contribution in [0.5, 0.6) is 0 Å². The summed E-state index contributed by atoms with van der Waals surface area (Å²) in [5.41, 5.74) is 0.540. The lowest BCUT2D eigenvalue weighted by Gasteiger charge is -2.10. The van der Waals surface area contributed by atoms with Crippen molar-refractivity contribution < 1.29 is 13.2 Å². The molecule has 0 aliphatic carbocycles. The van der Waals surface area contributed by atoms with E-state index in [2.05, 4.69) is 9.71 Å². The van der Waals surface area contributed by atoms with Crippen molar-refractivity contribution in [3.05, 3.63) is 47.5 Å². The Morgan fingerprint density at radius 2 is 2.18 bits per heavy atom. The molecule has 0 spiro atoms. The molecule has 1 aromatic carbocycles. The van der Waals surface area contributed by atoms with Gasteiger partial charge in [-0.3, -0.25) is 0 Å². The predicted molar refractivity (Wildman–Crippen MR) is 84.4 cm³/mol. The molecule has 0 fully saturated rings. The molecule has 0 unspecified atom stereocenters. The summed E-state index contributed by atoms with van der Waals surface area (Å²) < 4.78 is 34.2. The number of halogens is 1. The fourth-order valence-electron chi connectivity index (χ4n) is 1.90. The molecule has 22 heavy (non-hydrogen) atoms. The first kappa shape index (κ1) is 17.0. The van der Waals surface area contributed by atoms with Gasteiger partial charge in [0.15, 0.2) is 0 Å². The molecule has 0 aliphatic heterocycles. The summed E-state index contributed by atoms with van der Waals surface area (Å²) in [5.74, 6) is 0. The van der Waals surface area contributed by atoms with E-state index in [0.717, 1.165) is 0 Å². The lowest BCUT2D eigenvalue weighted by molar-refractivity contribution is 0.131. The van der Waals surface area contributed by atoms with Gasteiger partial charge < -0.3 is 9.30 Å². The fraction of sp³-hybridized carbons (Fsp3) is 0.357. The molecule has 0 radical (unpaired) electrons. The standard InChI is InChI=1S/C14H18ClN3O3S/c1-12-13(15)3-2-4-14(12)22(19,20)17-6-9-21-10-8-18-7-5-16-11-18/h2-5,7,11,17H,6,8-10H2,1H3. The number of rotatable bonds is 8. The SMILES string of the molecule is Cc1c(Cl)cccc1S(=O)(=O)NCCOCCn1ccnc1. The average Bonchev–Trinajstić information content (AvgIpc) is 2.98. The zero-order valence-electron chi connectivity index (χ0n) is 12.2. The molecule has 120 valence electrons. The summed E-state index contributed by atoms with van der Waals surface area (Å²) in [7, 11) is -3.57. The van der Waals surface area contributed by atoms with Gasteiger partial charge in [0.2, 0.25) is 10.0 Å². The van der Waals surface area contributed by atoms with Gasteiger partial charge in [-0.05, 0) is 24.6 Å². The molecular formula is C14H18ClN3O3S. The van der Waals surface area contributed by atoms with Crippen molar-refractivity contribution in [2.45, 2.75) is 18.4 Å². The third-order valence-corrected chi connectivity index (χ3v) is 5.11. The molecule has 2 rings (SSSR count). The molecule has 6 nitrogen and oxygen atoms in total. The number of ether oxygens (including phenoxy) is 1. The Morgan fingerprint density at radius 1 is 1.36 bits per heavy atom. The van der Waals surface area contributed by atoms with Crippen molar-refractivity contribution in [1.82, 2.24) is 14.3 Å². The maximum absolute atomic E-state index is 12.2. The largest absolute Gasteiger partial charge is 0.378 e. The van der Waals surface area contributed by atoms with Gasteiger partial charge in [-0.15, -0.1) is 0 Å². The zero-order chi connectivity index (χ0) is 16.0. The fourth-order valence-corrected chi connectivity index (χ4v) is 3.40.